The molecule has 0 saturated carbocycles. The molecule has 0 aliphatic carbocycles. The van der Waals surface area contributed by atoms with Crippen LogP contribution in [0.25, 0.3) is 0 Å². The number of hydrogen-bond donors (Lipinski definition) is 0. The first-order valence-corrected chi connectivity index (χ1v) is 8.11. The van der Waals surface area contributed by atoms with Crippen molar-refractivity contribution in [1.82, 2.24) is 15.0 Å². The Hall–Kier alpha value is -1.15. The Labute approximate surface area is 117 Å². The summed E-state index contributed by atoms with van der Waals surface area (Å²) in [6.07, 6.45) is 0.572. The third-order valence-electron chi connectivity index (χ3n) is 2.82. The van der Waals surface area contributed by atoms with Crippen LogP contribution in [-0.2, 0) is 9.84 Å². The number of halogens is 1. The van der Waals surface area contributed by atoms with Crippen molar-refractivity contribution in [2.45, 2.75) is 6.42 Å². The van der Waals surface area contributed by atoms with Crippen molar-refractivity contribution in [3.8, 4) is 0 Å². The second-order valence-electron chi connectivity index (χ2n) is 4.59. The Kier molecular flexibility index (Phi) is 4.10. The molecule has 2 heterocycles. The van der Waals surface area contributed by atoms with Crippen LogP contribution in [0.15, 0.2) is 0 Å². The Balaban J connectivity index is 2.26. The largest absolute Gasteiger partial charge is 0.347 e. The molecule has 1 aromatic rings. The van der Waals surface area contributed by atoms with Crippen LogP contribution >= 0.6 is 11.6 Å². The molecule has 0 radical (unpaired) electrons. The summed E-state index contributed by atoms with van der Waals surface area (Å²) in [5, 5.41) is 0.112. The lowest BCUT2D eigenvalue weighted by molar-refractivity contribution is 0.597. The van der Waals surface area contributed by atoms with Crippen LogP contribution in [0.2, 0.25) is 5.28 Å². The lowest BCUT2D eigenvalue weighted by atomic mass is 10.4. The second-order valence-corrected chi connectivity index (χ2v) is 7.23. The predicted octanol–water partition coefficient (Wildman–Crippen LogP) is 0.216. The van der Waals surface area contributed by atoms with E-state index in [1.54, 1.807) is 4.90 Å². The van der Waals surface area contributed by atoms with Gasteiger partial charge < -0.3 is 9.80 Å². The van der Waals surface area contributed by atoms with Crippen LogP contribution in [0.5, 0.6) is 0 Å². The van der Waals surface area contributed by atoms with Crippen molar-refractivity contribution in [3.05, 3.63) is 5.28 Å². The van der Waals surface area contributed by atoms with Gasteiger partial charge in [0.15, 0.2) is 9.84 Å². The van der Waals surface area contributed by atoms with Gasteiger partial charge >= 0.3 is 0 Å². The van der Waals surface area contributed by atoms with Crippen LogP contribution in [0.1, 0.15) is 6.42 Å². The van der Waals surface area contributed by atoms with E-state index in [9.17, 15) is 8.42 Å². The van der Waals surface area contributed by atoms with Gasteiger partial charge in [0.1, 0.15) is 0 Å². The highest BCUT2D eigenvalue weighted by atomic mass is 35.5. The third-order valence-corrected chi connectivity index (χ3v) is 4.71. The summed E-state index contributed by atoms with van der Waals surface area (Å²) in [4.78, 5) is 15.9. The van der Waals surface area contributed by atoms with Crippen molar-refractivity contribution in [2.75, 3.05) is 48.5 Å². The summed E-state index contributed by atoms with van der Waals surface area (Å²) < 4.78 is 23.2. The predicted molar refractivity (Wildman–Crippen MR) is 74.6 cm³/mol. The monoisotopic (exact) mass is 305 g/mol. The molecule has 0 unspecified atom stereocenters. The maximum Gasteiger partial charge on any atom is 0.231 e. The minimum Gasteiger partial charge on any atom is -0.347 e. The van der Waals surface area contributed by atoms with E-state index in [0.717, 1.165) is 0 Å². The topological polar surface area (TPSA) is 79.3 Å². The van der Waals surface area contributed by atoms with E-state index >= 15 is 0 Å². The van der Waals surface area contributed by atoms with Gasteiger partial charge in [0, 0.05) is 27.2 Å². The molecule has 106 valence electrons. The molecule has 2 rings (SSSR count). The van der Waals surface area contributed by atoms with Crippen molar-refractivity contribution in [1.29, 1.82) is 0 Å². The molecule has 0 aromatic carbocycles. The Morgan fingerprint density at radius 2 is 1.89 bits per heavy atom. The van der Waals surface area contributed by atoms with Crippen LogP contribution in [0, 0.1) is 0 Å². The molecule has 0 N–H and O–H groups in total. The summed E-state index contributed by atoms with van der Waals surface area (Å²) in [5.41, 5.74) is 0. The van der Waals surface area contributed by atoms with Gasteiger partial charge in [0.2, 0.25) is 17.2 Å². The van der Waals surface area contributed by atoms with E-state index in [2.05, 4.69) is 15.0 Å². The molecule has 1 saturated heterocycles. The molecule has 1 aromatic heterocycles. The lowest BCUT2D eigenvalue weighted by Crippen LogP contribution is -2.29. The van der Waals surface area contributed by atoms with Gasteiger partial charge in [-0.1, -0.05) is 0 Å². The van der Waals surface area contributed by atoms with Crippen LogP contribution < -0.4 is 9.80 Å². The Morgan fingerprint density at radius 3 is 2.58 bits per heavy atom. The first-order chi connectivity index (χ1) is 8.87. The zero-order valence-electron chi connectivity index (χ0n) is 10.9. The number of hydrogen-bond acceptors (Lipinski definition) is 7. The zero-order valence-corrected chi connectivity index (χ0v) is 12.4. The first-order valence-electron chi connectivity index (χ1n) is 5.92. The molecule has 0 amide bonds. The average Bonchev–Trinajstić information content (AvgIpc) is 2.49. The summed E-state index contributed by atoms with van der Waals surface area (Å²) >= 11 is 5.88. The highest BCUT2D eigenvalue weighted by Gasteiger charge is 2.21. The molecule has 19 heavy (non-hydrogen) atoms. The average molecular weight is 306 g/mol. The van der Waals surface area contributed by atoms with Crippen molar-refractivity contribution in [3.63, 3.8) is 0 Å². The van der Waals surface area contributed by atoms with Gasteiger partial charge in [-0.3, -0.25) is 0 Å². The molecule has 1 aliphatic heterocycles. The number of nitrogens with zero attached hydrogens (tertiary/aromatic N) is 5. The van der Waals surface area contributed by atoms with Gasteiger partial charge in [0.25, 0.3) is 0 Å². The zero-order chi connectivity index (χ0) is 14.0. The molecule has 0 atom stereocenters. The maximum atomic E-state index is 11.6. The third kappa shape index (κ3) is 3.66. The standard InChI is InChI=1S/C10H16ClN5O2S/c1-15(2)9-12-8(11)13-10(14-9)16-4-3-6-19(17,18)7-5-16/h3-7H2,1-2H3. The Morgan fingerprint density at radius 1 is 1.16 bits per heavy atom. The molecule has 7 nitrogen and oxygen atoms in total. The Bertz CT molecular complexity index is 563. The summed E-state index contributed by atoms with van der Waals surface area (Å²) in [6, 6.07) is 0. The van der Waals surface area contributed by atoms with Crippen LogP contribution in [-0.4, -0.2) is 62.1 Å². The van der Waals surface area contributed by atoms with Gasteiger partial charge in [-0.15, -0.1) is 0 Å². The SMILES string of the molecule is CN(C)c1nc(Cl)nc(N2CCCS(=O)(=O)CC2)n1. The van der Waals surface area contributed by atoms with Crippen LogP contribution in [0.3, 0.4) is 0 Å². The van der Waals surface area contributed by atoms with E-state index in [1.807, 2.05) is 19.0 Å². The maximum absolute atomic E-state index is 11.6. The molecule has 0 bridgehead atoms. The highest BCUT2D eigenvalue weighted by molar-refractivity contribution is 7.91. The van der Waals surface area contributed by atoms with Crippen molar-refractivity contribution in [2.24, 2.45) is 0 Å². The fourth-order valence-electron chi connectivity index (χ4n) is 1.81. The van der Waals surface area contributed by atoms with Crippen LogP contribution in [0.4, 0.5) is 11.9 Å². The van der Waals surface area contributed by atoms with Gasteiger partial charge in [0.05, 0.1) is 11.5 Å². The van der Waals surface area contributed by atoms with E-state index in [-0.39, 0.29) is 16.8 Å². The summed E-state index contributed by atoms with van der Waals surface area (Å²) in [6.45, 7) is 0.988. The van der Waals surface area contributed by atoms with E-state index < -0.39 is 9.84 Å². The molecular formula is C10H16ClN5O2S. The minimum atomic E-state index is -2.95. The number of rotatable bonds is 2. The van der Waals surface area contributed by atoms with Gasteiger partial charge in [-0.2, -0.15) is 15.0 Å². The smallest absolute Gasteiger partial charge is 0.231 e. The summed E-state index contributed by atoms with van der Waals surface area (Å²) in [5.74, 6) is 1.22. The van der Waals surface area contributed by atoms with Gasteiger partial charge in [-0.05, 0) is 18.0 Å². The van der Waals surface area contributed by atoms with Crippen molar-refractivity contribution >= 4 is 33.3 Å². The van der Waals surface area contributed by atoms with Crippen molar-refractivity contribution < 1.29 is 8.42 Å². The van der Waals surface area contributed by atoms with E-state index in [1.165, 1.54) is 0 Å². The molecule has 1 aliphatic rings. The first kappa shape index (κ1) is 14.3. The quantitative estimate of drug-likeness (QED) is 0.773. The van der Waals surface area contributed by atoms with E-state index in [4.69, 9.17) is 11.6 Å². The number of anilines is 2. The number of aromatic nitrogens is 3. The minimum absolute atomic E-state index is 0.112. The highest BCUT2D eigenvalue weighted by Crippen LogP contribution is 2.17. The molecule has 1 fully saturated rings. The number of sulfone groups is 1. The molecular weight excluding hydrogens is 290 g/mol. The normalized spacial score (nSPS) is 19.0. The van der Waals surface area contributed by atoms with Gasteiger partial charge in [-0.25, -0.2) is 8.42 Å². The fourth-order valence-corrected chi connectivity index (χ4v) is 3.23. The molecule has 9 heteroatoms. The van der Waals surface area contributed by atoms with E-state index in [0.29, 0.717) is 31.4 Å². The lowest BCUT2D eigenvalue weighted by Gasteiger charge is -2.21. The molecule has 0 spiro atoms. The fraction of sp³-hybridized carbons (Fsp3) is 0.700. The summed E-state index contributed by atoms with van der Waals surface area (Å²) in [7, 11) is 0.663. The second kappa shape index (κ2) is 5.46.